The van der Waals surface area contributed by atoms with Crippen LogP contribution >= 0.6 is 11.8 Å². The maximum atomic E-state index is 12.5. The molecule has 0 radical (unpaired) electrons. The van der Waals surface area contributed by atoms with Gasteiger partial charge in [0.1, 0.15) is 16.7 Å². The molecule has 0 aliphatic carbocycles. The van der Waals surface area contributed by atoms with E-state index in [9.17, 15) is 9.59 Å². The first kappa shape index (κ1) is 15.8. The summed E-state index contributed by atoms with van der Waals surface area (Å²) in [6.45, 7) is 0. The molecule has 1 aliphatic heterocycles. The Morgan fingerprint density at radius 2 is 1.88 bits per heavy atom. The van der Waals surface area contributed by atoms with Gasteiger partial charge in [0.05, 0.1) is 12.9 Å². The highest BCUT2D eigenvalue weighted by molar-refractivity contribution is 8.00. The van der Waals surface area contributed by atoms with Gasteiger partial charge in [0, 0.05) is 22.7 Å². The lowest BCUT2D eigenvalue weighted by Crippen LogP contribution is -2.28. The highest BCUT2D eigenvalue weighted by atomic mass is 32.2. The van der Waals surface area contributed by atoms with Gasteiger partial charge in [-0.2, -0.15) is 0 Å². The third-order valence-electron chi connectivity index (χ3n) is 4.17. The molecule has 126 valence electrons. The van der Waals surface area contributed by atoms with Gasteiger partial charge in [-0.1, -0.05) is 18.2 Å². The standard InChI is InChI=1S/C19H15NO4S/c1-23-13-8-6-12(7-9-13)20-17(21)11-25-19(20)15-10-18(22)24-16-5-3-2-4-14(15)16/h2-10,19H,11H2,1H3. The van der Waals surface area contributed by atoms with Gasteiger partial charge in [-0.15, -0.1) is 11.8 Å². The summed E-state index contributed by atoms with van der Waals surface area (Å²) < 4.78 is 10.5. The Bertz CT molecular complexity index is 996. The Labute approximate surface area is 148 Å². The van der Waals surface area contributed by atoms with Crippen LogP contribution in [0, 0.1) is 0 Å². The van der Waals surface area contributed by atoms with Crippen molar-refractivity contribution in [1.29, 1.82) is 0 Å². The van der Waals surface area contributed by atoms with Crippen molar-refractivity contribution in [2.75, 3.05) is 17.8 Å². The topological polar surface area (TPSA) is 59.8 Å². The van der Waals surface area contributed by atoms with Crippen molar-refractivity contribution in [1.82, 2.24) is 0 Å². The van der Waals surface area contributed by atoms with Crippen LogP contribution in [0.15, 0.2) is 63.8 Å². The molecule has 1 amide bonds. The molecule has 0 spiro atoms. The average Bonchev–Trinajstić information content (AvgIpc) is 3.02. The predicted molar refractivity (Wildman–Crippen MR) is 98.2 cm³/mol. The van der Waals surface area contributed by atoms with Crippen molar-refractivity contribution >= 4 is 34.3 Å². The number of rotatable bonds is 3. The molecule has 25 heavy (non-hydrogen) atoms. The van der Waals surface area contributed by atoms with Gasteiger partial charge in [0.15, 0.2) is 0 Å². The van der Waals surface area contributed by atoms with Gasteiger partial charge >= 0.3 is 5.63 Å². The number of methoxy groups -OCH3 is 1. The average molecular weight is 353 g/mol. The zero-order valence-corrected chi connectivity index (χ0v) is 14.3. The largest absolute Gasteiger partial charge is 0.497 e. The summed E-state index contributed by atoms with van der Waals surface area (Å²) in [4.78, 5) is 26.2. The number of para-hydroxylation sites is 1. The van der Waals surface area contributed by atoms with Crippen molar-refractivity contribution < 1.29 is 13.9 Å². The lowest BCUT2D eigenvalue weighted by molar-refractivity contribution is -0.115. The van der Waals surface area contributed by atoms with Gasteiger partial charge in [0.2, 0.25) is 5.91 Å². The molecule has 0 saturated carbocycles. The third-order valence-corrected chi connectivity index (χ3v) is 5.36. The number of nitrogens with zero attached hydrogens (tertiary/aromatic N) is 1. The molecule has 3 aromatic rings. The molecule has 4 rings (SSSR count). The van der Waals surface area contributed by atoms with E-state index < -0.39 is 5.63 Å². The summed E-state index contributed by atoms with van der Waals surface area (Å²) in [7, 11) is 1.60. The van der Waals surface area contributed by atoms with Gasteiger partial charge < -0.3 is 9.15 Å². The number of fused-ring (bicyclic) bond motifs is 1. The fourth-order valence-corrected chi connectivity index (χ4v) is 4.22. The molecule has 1 atom stereocenters. The minimum atomic E-state index is -0.414. The van der Waals surface area contributed by atoms with Crippen LogP contribution in [0.2, 0.25) is 0 Å². The molecule has 0 N–H and O–H groups in total. The van der Waals surface area contributed by atoms with Crippen LogP contribution in [0.3, 0.4) is 0 Å². The van der Waals surface area contributed by atoms with Crippen molar-refractivity contribution in [3.05, 3.63) is 70.6 Å². The van der Waals surface area contributed by atoms with Crippen LogP contribution < -0.4 is 15.3 Å². The molecule has 6 heteroatoms. The van der Waals surface area contributed by atoms with Crippen molar-refractivity contribution in [3.63, 3.8) is 0 Å². The quantitative estimate of drug-likeness (QED) is 0.674. The summed E-state index contributed by atoms with van der Waals surface area (Å²) >= 11 is 1.50. The molecule has 0 bridgehead atoms. The minimum absolute atomic E-state index is 0.0116. The smallest absolute Gasteiger partial charge is 0.336 e. The zero-order valence-electron chi connectivity index (χ0n) is 13.5. The highest BCUT2D eigenvalue weighted by Crippen LogP contribution is 2.43. The summed E-state index contributed by atoms with van der Waals surface area (Å²) in [6, 6.07) is 16.2. The number of anilines is 1. The monoisotopic (exact) mass is 353 g/mol. The summed E-state index contributed by atoms with van der Waals surface area (Å²) in [6.07, 6.45) is 0. The molecular weight excluding hydrogens is 338 g/mol. The first-order valence-electron chi connectivity index (χ1n) is 7.78. The fraction of sp³-hybridized carbons (Fsp3) is 0.158. The molecule has 1 unspecified atom stereocenters. The second kappa shape index (κ2) is 6.29. The molecule has 5 nitrogen and oxygen atoms in total. The van der Waals surface area contributed by atoms with E-state index in [0.717, 1.165) is 22.4 Å². The third kappa shape index (κ3) is 2.78. The number of hydrogen-bond acceptors (Lipinski definition) is 5. The normalized spacial score (nSPS) is 17.2. The van der Waals surface area contributed by atoms with Crippen LogP contribution in [-0.4, -0.2) is 18.8 Å². The SMILES string of the molecule is COc1ccc(N2C(=O)CSC2c2cc(=O)oc3ccccc23)cc1. The summed E-state index contributed by atoms with van der Waals surface area (Å²) in [5.74, 6) is 1.11. The number of hydrogen-bond donors (Lipinski definition) is 0. The van der Waals surface area contributed by atoms with Crippen LogP contribution in [0.25, 0.3) is 11.0 Å². The van der Waals surface area contributed by atoms with Gasteiger partial charge in [-0.3, -0.25) is 9.69 Å². The van der Waals surface area contributed by atoms with Crippen LogP contribution in [0.5, 0.6) is 5.75 Å². The van der Waals surface area contributed by atoms with Gasteiger partial charge in [-0.25, -0.2) is 4.79 Å². The maximum absolute atomic E-state index is 12.5. The second-order valence-electron chi connectivity index (χ2n) is 5.64. The number of carbonyl (C=O) groups excluding carboxylic acids is 1. The van der Waals surface area contributed by atoms with E-state index in [0.29, 0.717) is 11.3 Å². The predicted octanol–water partition coefficient (Wildman–Crippen LogP) is 3.58. The molecule has 2 heterocycles. The van der Waals surface area contributed by atoms with E-state index in [1.165, 1.54) is 17.8 Å². The maximum Gasteiger partial charge on any atom is 0.336 e. The van der Waals surface area contributed by atoms with Crippen molar-refractivity contribution in [2.24, 2.45) is 0 Å². The van der Waals surface area contributed by atoms with E-state index in [1.54, 1.807) is 18.1 Å². The number of carbonyl (C=O) groups is 1. The van der Waals surface area contributed by atoms with E-state index >= 15 is 0 Å². The summed E-state index contributed by atoms with van der Waals surface area (Å²) in [5.41, 5.74) is 1.68. The van der Waals surface area contributed by atoms with E-state index in [4.69, 9.17) is 9.15 Å². The number of benzene rings is 2. The number of thioether (sulfide) groups is 1. The molecule has 2 aromatic carbocycles. The Morgan fingerprint density at radius 1 is 1.12 bits per heavy atom. The van der Waals surface area contributed by atoms with E-state index in [2.05, 4.69) is 0 Å². The molecule has 1 aliphatic rings. The minimum Gasteiger partial charge on any atom is -0.497 e. The Hall–Kier alpha value is -2.73. The first-order valence-corrected chi connectivity index (χ1v) is 8.83. The van der Waals surface area contributed by atoms with Gasteiger partial charge in [0.25, 0.3) is 0 Å². The second-order valence-corrected chi connectivity index (χ2v) is 6.71. The van der Waals surface area contributed by atoms with Gasteiger partial charge in [-0.05, 0) is 30.3 Å². The number of amides is 1. The molecular formula is C19H15NO4S. The molecule has 1 fully saturated rings. The highest BCUT2D eigenvalue weighted by Gasteiger charge is 2.35. The Morgan fingerprint density at radius 3 is 2.64 bits per heavy atom. The Balaban J connectivity index is 1.84. The number of ether oxygens (including phenoxy) is 1. The lowest BCUT2D eigenvalue weighted by atomic mass is 10.1. The van der Waals surface area contributed by atoms with Crippen molar-refractivity contribution in [3.8, 4) is 5.75 Å². The van der Waals surface area contributed by atoms with Crippen LogP contribution in [-0.2, 0) is 4.79 Å². The van der Waals surface area contributed by atoms with E-state index in [1.807, 2.05) is 42.5 Å². The van der Waals surface area contributed by atoms with Crippen molar-refractivity contribution in [2.45, 2.75) is 5.37 Å². The Kier molecular flexibility index (Phi) is 3.97. The zero-order chi connectivity index (χ0) is 17.4. The molecule has 1 saturated heterocycles. The van der Waals surface area contributed by atoms with Crippen LogP contribution in [0.4, 0.5) is 5.69 Å². The van der Waals surface area contributed by atoms with E-state index in [-0.39, 0.29) is 11.3 Å². The van der Waals surface area contributed by atoms with Crippen LogP contribution in [0.1, 0.15) is 10.9 Å². The fourth-order valence-electron chi connectivity index (χ4n) is 3.02. The summed E-state index contributed by atoms with van der Waals surface area (Å²) in [5, 5.41) is 0.572. The first-order chi connectivity index (χ1) is 12.2. The lowest BCUT2D eigenvalue weighted by Gasteiger charge is -2.25. The molecule has 1 aromatic heterocycles.